The third kappa shape index (κ3) is 3.45. The molecule has 0 aliphatic carbocycles. The molecule has 0 radical (unpaired) electrons. The summed E-state index contributed by atoms with van der Waals surface area (Å²) in [6.45, 7) is 6.98. The molecule has 2 aliphatic rings. The molecule has 8 heteroatoms. The second-order valence-electron chi connectivity index (χ2n) is 7.95. The Kier molecular flexibility index (Phi) is 4.79. The lowest BCUT2D eigenvalue weighted by atomic mass is 9.87. The number of rotatable bonds is 3. The highest BCUT2D eigenvalue weighted by Crippen LogP contribution is 2.36. The molecular formula is C18H26N2O5S. The minimum absolute atomic E-state index is 0.0310. The molecule has 1 aromatic carbocycles. The van der Waals surface area contributed by atoms with Crippen molar-refractivity contribution in [2.45, 2.75) is 43.1 Å². The van der Waals surface area contributed by atoms with Crippen LogP contribution < -0.4 is 10.1 Å². The van der Waals surface area contributed by atoms with Crippen molar-refractivity contribution in [3.05, 3.63) is 23.8 Å². The number of benzene rings is 1. The van der Waals surface area contributed by atoms with Crippen LogP contribution in [0.4, 0.5) is 0 Å². The van der Waals surface area contributed by atoms with Crippen LogP contribution in [0.25, 0.3) is 0 Å². The number of carbonyl (C=O) groups excluding carboxylic acids is 1. The molecule has 1 aromatic rings. The fraction of sp³-hybridized carbons (Fsp3) is 0.611. The van der Waals surface area contributed by atoms with Crippen molar-refractivity contribution in [1.29, 1.82) is 0 Å². The molecule has 1 atom stereocenters. The summed E-state index contributed by atoms with van der Waals surface area (Å²) in [5.41, 5.74) is 0.0991. The second-order valence-corrected chi connectivity index (χ2v) is 9.86. The summed E-state index contributed by atoms with van der Waals surface area (Å²) in [5.74, 6) is 0.160. The van der Waals surface area contributed by atoms with Gasteiger partial charge in [-0.2, -0.15) is 4.31 Å². The number of hydrogen-bond donors (Lipinski definition) is 1. The fourth-order valence-corrected chi connectivity index (χ4v) is 5.04. The van der Waals surface area contributed by atoms with Gasteiger partial charge in [-0.3, -0.25) is 4.79 Å². The molecule has 1 amide bonds. The maximum absolute atomic E-state index is 13.3. The first-order chi connectivity index (χ1) is 12.1. The number of amides is 1. The Bertz CT molecular complexity index is 803. The van der Waals surface area contributed by atoms with Crippen LogP contribution in [-0.4, -0.2) is 57.6 Å². The predicted molar refractivity (Wildman–Crippen MR) is 96.8 cm³/mol. The number of nitrogens with zero attached hydrogens (tertiary/aromatic N) is 1. The first-order valence-corrected chi connectivity index (χ1v) is 10.1. The standard InChI is InChI=1S/C18H26N2O5S/c1-17(2,3)13-5-6-14(24-4)15(9-13)26(22,23)20-8-7-18(12-20)11-19-16(21)10-25-18/h5-6,9H,7-8,10-12H2,1-4H3,(H,19,21). The summed E-state index contributed by atoms with van der Waals surface area (Å²) in [6.07, 6.45) is 0.549. The molecule has 0 saturated carbocycles. The Balaban J connectivity index is 1.92. The van der Waals surface area contributed by atoms with Crippen molar-refractivity contribution in [2.75, 3.05) is 33.4 Å². The number of hydrogen-bond acceptors (Lipinski definition) is 5. The molecule has 0 bridgehead atoms. The van der Waals surface area contributed by atoms with Crippen molar-refractivity contribution in [2.24, 2.45) is 0 Å². The van der Waals surface area contributed by atoms with E-state index in [-0.39, 0.29) is 29.4 Å². The molecule has 2 saturated heterocycles. The van der Waals surface area contributed by atoms with E-state index in [1.54, 1.807) is 12.1 Å². The normalized spacial score (nSPS) is 24.7. The minimum atomic E-state index is -3.74. The van der Waals surface area contributed by atoms with Crippen LogP contribution in [0.5, 0.6) is 5.75 Å². The van der Waals surface area contributed by atoms with Crippen LogP contribution in [0.15, 0.2) is 23.1 Å². The average Bonchev–Trinajstić information content (AvgIpc) is 3.01. The summed E-state index contributed by atoms with van der Waals surface area (Å²) < 4.78 is 39.0. The van der Waals surface area contributed by atoms with Gasteiger partial charge in [0.1, 0.15) is 22.9 Å². The maximum Gasteiger partial charge on any atom is 0.246 e. The largest absolute Gasteiger partial charge is 0.495 e. The van der Waals surface area contributed by atoms with Crippen LogP contribution in [-0.2, 0) is 25.0 Å². The summed E-state index contributed by atoms with van der Waals surface area (Å²) in [7, 11) is -2.27. The first-order valence-electron chi connectivity index (χ1n) is 8.67. The van der Waals surface area contributed by atoms with E-state index in [4.69, 9.17) is 9.47 Å². The molecule has 2 aliphatic heterocycles. The molecule has 1 spiro atoms. The van der Waals surface area contributed by atoms with E-state index in [0.717, 1.165) is 5.56 Å². The zero-order valence-corrected chi connectivity index (χ0v) is 16.5. The van der Waals surface area contributed by atoms with E-state index >= 15 is 0 Å². The average molecular weight is 382 g/mol. The second kappa shape index (κ2) is 6.51. The molecule has 26 heavy (non-hydrogen) atoms. The molecule has 2 fully saturated rings. The van der Waals surface area contributed by atoms with Crippen molar-refractivity contribution in [1.82, 2.24) is 9.62 Å². The van der Waals surface area contributed by atoms with Gasteiger partial charge in [0.25, 0.3) is 0 Å². The minimum Gasteiger partial charge on any atom is -0.495 e. The lowest BCUT2D eigenvalue weighted by Crippen LogP contribution is -2.54. The Morgan fingerprint density at radius 3 is 2.62 bits per heavy atom. The number of nitrogens with one attached hydrogen (secondary N) is 1. The number of ether oxygens (including phenoxy) is 2. The Morgan fingerprint density at radius 2 is 2.04 bits per heavy atom. The number of sulfonamides is 1. The van der Waals surface area contributed by atoms with Crippen molar-refractivity contribution < 1.29 is 22.7 Å². The lowest BCUT2D eigenvalue weighted by Gasteiger charge is -2.33. The number of morpholine rings is 1. The molecule has 3 rings (SSSR count). The van der Waals surface area contributed by atoms with Gasteiger partial charge in [-0.05, 0) is 29.5 Å². The molecular weight excluding hydrogens is 356 g/mol. The number of methoxy groups -OCH3 is 1. The highest BCUT2D eigenvalue weighted by molar-refractivity contribution is 7.89. The summed E-state index contributed by atoms with van der Waals surface area (Å²) in [4.78, 5) is 11.5. The molecule has 2 heterocycles. The topological polar surface area (TPSA) is 84.9 Å². The van der Waals surface area contributed by atoms with E-state index < -0.39 is 15.6 Å². The SMILES string of the molecule is COc1ccc(C(C)(C)C)cc1S(=O)(=O)N1CCC2(CNC(=O)CO2)C1. The third-order valence-corrected chi connectivity index (χ3v) is 6.91. The Labute approximate surface area is 154 Å². The van der Waals surface area contributed by atoms with Crippen molar-refractivity contribution >= 4 is 15.9 Å². The van der Waals surface area contributed by atoms with Gasteiger partial charge in [0.15, 0.2) is 0 Å². The van der Waals surface area contributed by atoms with Gasteiger partial charge >= 0.3 is 0 Å². The summed E-state index contributed by atoms with van der Waals surface area (Å²) in [6, 6.07) is 5.29. The van der Waals surface area contributed by atoms with E-state index in [2.05, 4.69) is 5.32 Å². The highest BCUT2D eigenvalue weighted by Gasteiger charge is 2.46. The molecule has 7 nitrogen and oxygen atoms in total. The third-order valence-electron chi connectivity index (χ3n) is 5.05. The molecule has 1 N–H and O–H groups in total. The summed E-state index contributed by atoms with van der Waals surface area (Å²) in [5, 5.41) is 2.77. The van der Waals surface area contributed by atoms with Crippen molar-refractivity contribution in [3.63, 3.8) is 0 Å². The lowest BCUT2D eigenvalue weighted by molar-refractivity contribution is -0.141. The van der Waals surface area contributed by atoms with Crippen LogP contribution in [0.1, 0.15) is 32.8 Å². The Morgan fingerprint density at radius 1 is 1.31 bits per heavy atom. The van der Waals surface area contributed by atoms with Crippen LogP contribution >= 0.6 is 0 Å². The zero-order valence-electron chi connectivity index (χ0n) is 15.7. The fourth-order valence-electron chi connectivity index (χ4n) is 3.34. The monoisotopic (exact) mass is 382 g/mol. The van der Waals surface area contributed by atoms with Crippen molar-refractivity contribution in [3.8, 4) is 5.75 Å². The van der Waals surface area contributed by atoms with E-state index in [1.165, 1.54) is 11.4 Å². The van der Waals surface area contributed by atoms with Gasteiger partial charge in [-0.1, -0.05) is 26.8 Å². The Hall–Kier alpha value is -1.64. The van der Waals surface area contributed by atoms with Gasteiger partial charge in [-0.25, -0.2) is 8.42 Å². The quantitative estimate of drug-likeness (QED) is 0.851. The van der Waals surface area contributed by atoms with E-state index in [1.807, 2.05) is 26.8 Å². The van der Waals surface area contributed by atoms with Gasteiger partial charge in [-0.15, -0.1) is 0 Å². The van der Waals surface area contributed by atoms with Gasteiger partial charge in [0.05, 0.1) is 7.11 Å². The van der Waals surface area contributed by atoms with Crippen LogP contribution in [0.3, 0.4) is 0 Å². The smallest absolute Gasteiger partial charge is 0.246 e. The van der Waals surface area contributed by atoms with E-state index in [0.29, 0.717) is 25.3 Å². The zero-order chi connectivity index (χ0) is 19.2. The van der Waals surface area contributed by atoms with Gasteiger partial charge in [0, 0.05) is 19.6 Å². The highest BCUT2D eigenvalue weighted by atomic mass is 32.2. The maximum atomic E-state index is 13.3. The first kappa shape index (κ1) is 19.1. The van der Waals surface area contributed by atoms with Crippen LogP contribution in [0, 0.1) is 0 Å². The van der Waals surface area contributed by atoms with Crippen LogP contribution in [0.2, 0.25) is 0 Å². The molecule has 144 valence electrons. The van der Waals surface area contributed by atoms with E-state index in [9.17, 15) is 13.2 Å². The van der Waals surface area contributed by atoms with Gasteiger partial charge in [0.2, 0.25) is 15.9 Å². The molecule has 1 unspecified atom stereocenters. The number of carbonyl (C=O) groups is 1. The van der Waals surface area contributed by atoms with Gasteiger partial charge < -0.3 is 14.8 Å². The predicted octanol–water partition coefficient (Wildman–Crippen LogP) is 1.27. The molecule has 0 aromatic heterocycles. The summed E-state index contributed by atoms with van der Waals surface area (Å²) >= 11 is 0.